The fourth-order valence-corrected chi connectivity index (χ4v) is 5.75. The van der Waals surface area contributed by atoms with Crippen LogP contribution in [0.25, 0.3) is 11.0 Å². The molecule has 0 spiro atoms. The molecule has 0 amide bonds. The molecule has 1 aliphatic carbocycles. The molecule has 158 valence electrons. The van der Waals surface area contributed by atoms with Gasteiger partial charge in [-0.3, -0.25) is 4.90 Å². The van der Waals surface area contributed by atoms with E-state index in [9.17, 15) is 0 Å². The van der Waals surface area contributed by atoms with Crippen molar-refractivity contribution in [1.82, 2.24) is 14.5 Å². The number of aryl methyl sites for hydroxylation is 1. The van der Waals surface area contributed by atoms with Gasteiger partial charge in [-0.25, -0.2) is 4.98 Å². The number of aromatic nitrogens is 2. The highest BCUT2D eigenvalue weighted by molar-refractivity contribution is 5.76. The maximum absolute atomic E-state index is 6.04. The minimum atomic E-state index is 0.235. The summed E-state index contributed by atoms with van der Waals surface area (Å²) in [5.41, 5.74) is 3.63. The second-order valence-electron chi connectivity index (χ2n) is 8.90. The van der Waals surface area contributed by atoms with Gasteiger partial charge in [0.05, 0.1) is 30.3 Å². The molecule has 1 saturated heterocycles. The third kappa shape index (κ3) is 3.50. The lowest BCUT2D eigenvalue weighted by Crippen LogP contribution is -2.37. The van der Waals surface area contributed by atoms with Crippen molar-refractivity contribution in [2.75, 3.05) is 27.3 Å². The molecule has 2 aliphatic rings. The van der Waals surface area contributed by atoms with E-state index in [2.05, 4.69) is 58.9 Å². The lowest BCUT2D eigenvalue weighted by molar-refractivity contribution is -0.0000726. The van der Waals surface area contributed by atoms with Crippen LogP contribution in [-0.4, -0.2) is 47.9 Å². The highest BCUT2D eigenvalue weighted by Gasteiger charge is 2.43. The SMILES string of the molecule is COc1cccc(CN2C[C@H]3C[C@H](OC)[C@@H](n4c(C)nc5ccccc54)C[C@H]3C2)c1. The number of hydrogen-bond acceptors (Lipinski definition) is 4. The van der Waals surface area contributed by atoms with Crippen molar-refractivity contribution in [3.8, 4) is 5.75 Å². The molecule has 2 aromatic carbocycles. The van der Waals surface area contributed by atoms with Gasteiger partial charge in [-0.15, -0.1) is 0 Å². The van der Waals surface area contributed by atoms with Crippen LogP contribution in [0.3, 0.4) is 0 Å². The first-order valence-electron chi connectivity index (χ1n) is 11.0. The summed E-state index contributed by atoms with van der Waals surface area (Å²) in [5, 5.41) is 0. The lowest BCUT2D eigenvalue weighted by atomic mass is 9.77. The maximum Gasteiger partial charge on any atom is 0.119 e. The van der Waals surface area contributed by atoms with Gasteiger partial charge < -0.3 is 14.0 Å². The number of imidazole rings is 1. The molecular formula is C25H31N3O2. The highest BCUT2D eigenvalue weighted by atomic mass is 16.5. The molecule has 3 aromatic rings. The zero-order valence-corrected chi connectivity index (χ0v) is 18.1. The number of benzene rings is 2. The summed E-state index contributed by atoms with van der Waals surface area (Å²) < 4.78 is 13.9. The quantitative estimate of drug-likeness (QED) is 0.629. The molecule has 5 heteroatoms. The van der Waals surface area contributed by atoms with Crippen LogP contribution < -0.4 is 4.74 Å². The number of methoxy groups -OCH3 is 2. The van der Waals surface area contributed by atoms with Gasteiger partial charge in [0, 0.05) is 26.7 Å². The molecular weight excluding hydrogens is 374 g/mol. The molecule has 4 atom stereocenters. The first-order valence-corrected chi connectivity index (χ1v) is 11.0. The Morgan fingerprint density at radius 2 is 1.80 bits per heavy atom. The number of fused-ring (bicyclic) bond motifs is 2. The highest BCUT2D eigenvalue weighted by Crippen LogP contribution is 2.44. The van der Waals surface area contributed by atoms with E-state index in [-0.39, 0.29) is 6.10 Å². The van der Waals surface area contributed by atoms with Crippen molar-refractivity contribution in [2.45, 2.75) is 38.5 Å². The van der Waals surface area contributed by atoms with E-state index < -0.39 is 0 Å². The Bertz CT molecular complexity index is 1030. The fourth-order valence-electron chi connectivity index (χ4n) is 5.75. The minimum Gasteiger partial charge on any atom is -0.497 e. The van der Waals surface area contributed by atoms with Gasteiger partial charge in [-0.05, 0) is 61.4 Å². The van der Waals surface area contributed by atoms with E-state index in [0.29, 0.717) is 17.9 Å². The first-order chi connectivity index (χ1) is 14.7. The summed E-state index contributed by atoms with van der Waals surface area (Å²) in [7, 11) is 3.60. The van der Waals surface area contributed by atoms with E-state index in [4.69, 9.17) is 14.5 Å². The number of nitrogens with zero attached hydrogens (tertiary/aromatic N) is 3. The summed E-state index contributed by atoms with van der Waals surface area (Å²) in [5.74, 6) is 3.43. The predicted molar refractivity (Wildman–Crippen MR) is 119 cm³/mol. The molecule has 5 rings (SSSR count). The van der Waals surface area contributed by atoms with E-state index in [1.165, 1.54) is 11.1 Å². The molecule has 0 radical (unpaired) electrons. The standard InChI is InChI=1S/C25H31N3O2/c1-17-26-22-9-4-5-10-23(22)28(17)24-12-19-15-27(16-20(19)13-25(24)30-3)14-18-7-6-8-21(11-18)29-2/h4-11,19-20,24-25H,12-16H2,1-3H3/t19-,20+,24-,25-/m0/s1. The zero-order chi connectivity index (χ0) is 20.7. The molecule has 5 nitrogen and oxygen atoms in total. The van der Waals surface area contributed by atoms with Crippen LogP contribution in [0.1, 0.15) is 30.3 Å². The molecule has 1 saturated carbocycles. The molecule has 30 heavy (non-hydrogen) atoms. The summed E-state index contributed by atoms with van der Waals surface area (Å²) in [6.07, 6.45) is 2.50. The summed E-state index contributed by atoms with van der Waals surface area (Å²) in [4.78, 5) is 7.42. The Hall–Kier alpha value is -2.37. The third-order valence-electron chi connectivity index (χ3n) is 7.11. The molecule has 1 aliphatic heterocycles. The summed E-state index contributed by atoms with van der Waals surface area (Å²) >= 11 is 0. The van der Waals surface area contributed by atoms with Crippen LogP contribution in [0.2, 0.25) is 0 Å². The first kappa shape index (κ1) is 19.6. The van der Waals surface area contributed by atoms with Crippen LogP contribution in [0.4, 0.5) is 0 Å². The van der Waals surface area contributed by atoms with Gasteiger partial charge in [0.25, 0.3) is 0 Å². The molecule has 2 fully saturated rings. The number of para-hydroxylation sites is 2. The van der Waals surface area contributed by atoms with Gasteiger partial charge in [0.1, 0.15) is 11.6 Å². The Kier molecular flexibility index (Phi) is 5.25. The normalized spacial score (nSPS) is 26.8. The maximum atomic E-state index is 6.04. The molecule has 0 unspecified atom stereocenters. The van der Waals surface area contributed by atoms with E-state index >= 15 is 0 Å². The number of rotatable bonds is 5. The third-order valence-corrected chi connectivity index (χ3v) is 7.11. The van der Waals surface area contributed by atoms with Crippen molar-refractivity contribution in [2.24, 2.45) is 11.8 Å². The number of hydrogen-bond donors (Lipinski definition) is 0. The van der Waals surface area contributed by atoms with Crippen LogP contribution >= 0.6 is 0 Å². The average Bonchev–Trinajstić information content (AvgIpc) is 3.31. The predicted octanol–water partition coefficient (Wildman–Crippen LogP) is 4.45. The largest absolute Gasteiger partial charge is 0.497 e. The van der Waals surface area contributed by atoms with Crippen LogP contribution in [0.15, 0.2) is 48.5 Å². The Labute approximate surface area is 178 Å². The molecule has 1 aromatic heterocycles. The van der Waals surface area contributed by atoms with Crippen molar-refractivity contribution in [3.63, 3.8) is 0 Å². The van der Waals surface area contributed by atoms with Crippen molar-refractivity contribution >= 4 is 11.0 Å². The second-order valence-corrected chi connectivity index (χ2v) is 8.90. The topological polar surface area (TPSA) is 39.5 Å². The summed E-state index contributed by atoms with van der Waals surface area (Å²) in [6, 6.07) is 17.3. The second kappa shape index (κ2) is 8.05. The minimum absolute atomic E-state index is 0.235. The van der Waals surface area contributed by atoms with Crippen molar-refractivity contribution in [1.29, 1.82) is 0 Å². The van der Waals surface area contributed by atoms with Gasteiger partial charge in [0.2, 0.25) is 0 Å². The Morgan fingerprint density at radius 1 is 1.00 bits per heavy atom. The van der Waals surface area contributed by atoms with Gasteiger partial charge in [-0.2, -0.15) is 0 Å². The molecule has 0 bridgehead atoms. The lowest BCUT2D eigenvalue weighted by Gasteiger charge is -2.38. The number of ether oxygens (including phenoxy) is 2. The van der Waals surface area contributed by atoms with E-state index in [1.54, 1.807) is 7.11 Å². The van der Waals surface area contributed by atoms with Crippen LogP contribution in [-0.2, 0) is 11.3 Å². The van der Waals surface area contributed by atoms with E-state index in [1.807, 2.05) is 13.2 Å². The fraction of sp³-hybridized carbons (Fsp3) is 0.480. The van der Waals surface area contributed by atoms with Crippen LogP contribution in [0, 0.1) is 18.8 Å². The van der Waals surface area contributed by atoms with Crippen molar-refractivity contribution < 1.29 is 9.47 Å². The van der Waals surface area contributed by atoms with Gasteiger partial charge >= 0.3 is 0 Å². The van der Waals surface area contributed by atoms with Gasteiger partial charge in [-0.1, -0.05) is 24.3 Å². The number of likely N-dealkylation sites (tertiary alicyclic amines) is 1. The molecule has 2 heterocycles. The Morgan fingerprint density at radius 3 is 2.60 bits per heavy atom. The van der Waals surface area contributed by atoms with Gasteiger partial charge in [0.15, 0.2) is 0 Å². The molecule has 0 N–H and O–H groups in total. The average molecular weight is 406 g/mol. The summed E-state index contributed by atoms with van der Waals surface area (Å²) in [6.45, 7) is 5.42. The smallest absolute Gasteiger partial charge is 0.119 e. The van der Waals surface area contributed by atoms with Crippen molar-refractivity contribution in [3.05, 3.63) is 59.9 Å². The monoisotopic (exact) mass is 405 g/mol. The zero-order valence-electron chi connectivity index (χ0n) is 18.1. The van der Waals surface area contributed by atoms with Crippen LogP contribution in [0.5, 0.6) is 5.75 Å². The van der Waals surface area contributed by atoms with E-state index in [0.717, 1.165) is 49.6 Å². The Balaban J connectivity index is 1.36.